The Balaban J connectivity index is 1.06. The molecule has 0 fully saturated rings. The number of benzene rings is 9. The molecule has 0 spiro atoms. The number of para-hydroxylation sites is 1. The highest BCUT2D eigenvalue weighted by atomic mass is 32.1. The molecule has 0 bridgehead atoms. The van der Waals surface area contributed by atoms with E-state index in [1.807, 2.05) is 11.3 Å². The predicted octanol–water partition coefficient (Wildman–Crippen LogP) is 15.6. The zero-order valence-electron chi connectivity index (χ0n) is 29.8. The standard InChI is InChI=1S/C52H33NOS/c1-3-13-34(14-4-1)35-25-29-38(30-26-35)53(48-23-12-22-45-42-18-9-10-24-49(42)55-52(45)48)39-31-27-37(28-32-39)40-20-11-21-44-47-33-46(36-15-5-2-6-16-36)41-17-7-8-19-43(41)51(47)54-50(40)44/h1-33H. The monoisotopic (exact) mass is 719 g/mol. The third kappa shape index (κ3) is 5.24. The van der Waals surface area contributed by atoms with Crippen molar-refractivity contribution in [2.24, 2.45) is 0 Å². The number of thiophene rings is 1. The van der Waals surface area contributed by atoms with Crippen molar-refractivity contribution in [1.29, 1.82) is 0 Å². The molecule has 55 heavy (non-hydrogen) atoms. The molecule has 0 N–H and O–H groups in total. The molecule has 0 radical (unpaired) electrons. The van der Waals surface area contributed by atoms with E-state index < -0.39 is 0 Å². The molecule has 3 heteroatoms. The molecule has 11 rings (SSSR count). The van der Waals surface area contributed by atoms with E-state index in [9.17, 15) is 0 Å². The summed E-state index contributed by atoms with van der Waals surface area (Å²) in [4.78, 5) is 2.40. The van der Waals surface area contributed by atoms with Crippen LogP contribution in [0.4, 0.5) is 17.1 Å². The summed E-state index contributed by atoms with van der Waals surface area (Å²) in [5.74, 6) is 0. The first-order valence-corrected chi connectivity index (χ1v) is 19.5. The highest BCUT2D eigenvalue weighted by molar-refractivity contribution is 7.26. The highest BCUT2D eigenvalue weighted by Gasteiger charge is 2.20. The maximum Gasteiger partial charge on any atom is 0.143 e. The van der Waals surface area contributed by atoms with E-state index in [0.29, 0.717) is 0 Å². The van der Waals surface area contributed by atoms with Crippen molar-refractivity contribution < 1.29 is 4.42 Å². The van der Waals surface area contributed by atoms with E-state index in [-0.39, 0.29) is 0 Å². The molecule has 0 aliphatic heterocycles. The van der Waals surface area contributed by atoms with Crippen LogP contribution in [0.2, 0.25) is 0 Å². The number of furan rings is 1. The topological polar surface area (TPSA) is 16.4 Å². The Morgan fingerprint density at radius 3 is 1.62 bits per heavy atom. The van der Waals surface area contributed by atoms with Crippen LogP contribution < -0.4 is 4.90 Å². The second kappa shape index (κ2) is 12.9. The van der Waals surface area contributed by atoms with Gasteiger partial charge in [0.2, 0.25) is 0 Å². The minimum atomic E-state index is 0.906. The van der Waals surface area contributed by atoms with Gasteiger partial charge in [0.15, 0.2) is 0 Å². The van der Waals surface area contributed by atoms with Gasteiger partial charge < -0.3 is 9.32 Å². The van der Waals surface area contributed by atoms with Crippen molar-refractivity contribution in [1.82, 2.24) is 0 Å². The van der Waals surface area contributed by atoms with Crippen LogP contribution in [0.25, 0.3) is 86.3 Å². The molecule has 0 saturated heterocycles. The lowest BCUT2D eigenvalue weighted by atomic mass is 9.95. The summed E-state index contributed by atoms with van der Waals surface area (Å²) in [5.41, 5.74) is 12.2. The maximum absolute atomic E-state index is 6.87. The molecule has 0 amide bonds. The number of nitrogens with zero attached hydrogens (tertiary/aromatic N) is 1. The van der Waals surface area contributed by atoms with Crippen LogP contribution in [0, 0.1) is 0 Å². The number of anilines is 3. The average molecular weight is 720 g/mol. The van der Waals surface area contributed by atoms with Crippen LogP contribution in [0.15, 0.2) is 205 Å². The van der Waals surface area contributed by atoms with Gasteiger partial charge in [-0.25, -0.2) is 0 Å². The Bertz CT molecular complexity index is 3180. The fourth-order valence-corrected chi connectivity index (χ4v) is 9.47. The lowest BCUT2D eigenvalue weighted by Crippen LogP contribution is -2.10. The summed E-state index contributed by atoms with van der Waals surface area (Å²) >= 11 is 1.86. The molecule has 258 valence electrons. The molecule has 0 aliphatic rings. The van der Waals surface area contributed by atoms with E-state index in [1.54, 1.807) is 0 Å². The summed E-state index contributed by atoms with van der Waals surface area (Å²) in [6.45, 7) is 0. The van der Waals surface area contributed by atoms with Crippen LogP contribution in [-0.4, -0.2) is 0 Å². The average Bonchev–Trinajstić information content (AvgIpc) is 3.84. The number of hydrogen-bond acceptors (Lipinski definition) is 3. The smallest absolute Gasteiger partial charge is 0.143 e. The Kier molecular flexibility index (Phi) is 7.39. The Morgan fingerprint density at radius 1 is 0.345 bits per heavy atom. The largest absolute Gasteiger partial charge is 0.455 e. The van der Waals surface area contributed by atoms with Crippen LogP contribution in [0.1, 0.15) is 0 Å². The van der Waals surface area contributed by atoms with Gasteiger partial charge in [0.25, 0.3) is 0 Å². The number of hydrogen-bond donors (Lipinski definition) is 0. The van der Waals surface area contributed by atoms with E-state index in [1.165, 1.54) is 53.5 Å². The van der Waals surface area contributed by atoms with Crippen LogP contribution in [0.5, 0.6) is 0 Å². The van der Waals surface area contributed by atoms with Gasteiger partial charge >= 0.3 is 0 Å². The van der Waals surface area contributed by atoms with Gasteiger partial charge in [-0.3, -0.25) is 0 Å². The molecule has 2 aromatic heterocycles. The predicted molar refractivity (Wildman–Crippen MR) is 235 cm³/mol. The molecular formula is C52H33NOS. The van der Waals surface area contributed by atoms with Gasteiger partial charge in [0.05, 0.1) is 10.4 Å². The third-order valence-corrected chi connectivity index (χ3v) is 12.1. The van der Waals surface area contributed by atoms with Crippen LogP contribution in [0.3, 0.4) is 0 Å². The number of fused-ring (bicyclic) bond motifs is 8. The summed E-state index contributed by atoms with van der Waals surface area (Å²) in [6.07, 6.45) is 0. The van der Waals surface area contributed by atoms with Crippen molar-refractivity contribution in [2.45, 2.75) is 0 Å². The van der Waals surface area contributed by atoms with Gasteiger partial charge in [-0.15, -0.1) is 11.3 Å². The molecule has 0 atom stereocenters. The van der Waals surface area contributed by atoms with Gasteiger partial charge in [0, 0.05) is 48.6 Å². The Hall–Kier alpha value is -6.94. The van der Waals surface area contributed by atoms with E-state index in [0.717, 1.165) is 49.8 Å². The number of rotatable bonds is 6. The van der Waals surface area contributed by atoms with Crippen LogP contribution >= 0.6 is 11.3 Å². The second-order valence-corrected chi connectivity index (χ2v) is 15.1. The summed E-state index contributed by atoms with van der Waals surface area (Å²) in [6, 6.07) is 71.9. The third-order valence-electron chi connectivity index (χ3n) is 10.9. The van der Waals surface area contributed by atoms with Crippen molar-refractivity contribution in [3.63, 3.8) is 0 Å². The lowest BCUT2D eigenvalue weighted by Gasteiger charge is -2.26. The van der Waals surface area contributed by atoms with Crippen molar-refractivity contribution >= 4 is 81.3 Å². The molecule has 9 aromatic carbocycles. The van der Waals surface area contributed by atoms with E-state index in [2.05, 4.69) is 205 Å². The zero-order chi connectivity index (χ0) is 36.3. The highest BCUT2D eigenvalue weighted by Crippen LogP contribution is 2.46. The summed E-state index contributed by atoms with van der Waals surface area (Å²) in [5, 5.41) is 7.14. The normalized spacial score (nSPS) is 11.6. The molecule has 0 aliphatic carbocycles. The Labute approximate surface area is 322 Å². The zero-order valence-corrected chi connectivity index (χ0v) is 30.6. The van der Waals surface area contributed by atoms with Gasteiger partial charge in [-0.05, 0) is 75.7 Å². The summed E-state index contributed by atoms with van der Waals surface area (Å²) < 4.78 is 9.44. The van der Waals surface area contributed by atoms with Gasteiger partial charge in [-0.1, -0.05) is 158 Å². The molecule has 2 nitrogen and oxygen atoms in total. The Morgan fingerprint density at radius 2 is 0.873 bits per heavy atom. The SMILES string of the molecule is c1ccc(-c2ccc(N(c3ccc(-c4cccc5c4oc4c6ccccc6c(-c6ccccc6)cc54)cc3)c3cccc4c3sc3ccccc34)cc2)cc1. The van der Waals surface area contributed by atoms with E-state index >= 15 is 0 Å². The second-order valence-electron chi connectivity index (χ2n) is 14.0. The first kappa shape index (κ1) is 31.6. The molecule has 2 heterocycles. The lowest BCUT2D eigenvalue weighted by molar-refractivity contribution is 0.674. The maximum atomic E-state index is 6.87. The fraction of sp³-hybridized carbons (Fsp3) is 0. The molecule has 0 unspecified atom stereocenters. The van der Waals surface area contributed by atoms with Crippen molar-refractivity contribution in [3.05, 3.63) is 200 Å². The minimum absolute atomic E-state index is 0.906. The fourth-order valence-electron chi connectivity index (χ4n) is 8.26. The molecule has 0 saturated carbocycles. The molecular weight excluding hydrogens is 687 g/mol. The molecule has 11 aromatic rings. The van der Waals surface area contributed by atoms with Crippen LogP contribution in [-0.2, 0) is 0 Å². The van der Waals surface area contributed by atoms with Crippen molar-refractivity contribution in [3.8, 4) is 33.4 Å². The van der Waals surface area contributed by atoms with Crippen molar-refractivity contribution in [2.75, 3.05) is 4.90 Å². The van der Waals surface area contributed by atoms with Gasteiger partial charge in [0.1, 0.15) is 11.2 Å². The summed E-state index contributed by atoms with van der Waals surface area (Å²) in [7, 11) is 0. The van der Waals surface area contributed by atoms with E-state index in [4.69, 9.17) is 4.42 Å². The quantitative estimate of drug-likeness (QED) is 0.170. The first-order chi connectivity index (χ1) is 27.3. The first-order valence-electron chi connectivity index (χ1n) is 18.7. The minimum Gasteiger partial charge on any atom is -0.455 e. The van der Waals surface area contributed by atoms with Gasteiger partial charge in [-0.2, -0.15) is 0 Å².